The van der Waals surface area contributed by atoms with E-state index >= 15 is 0 Å². The minimum atomic E-state index is -2.62. The lowest BCUT2D eigenvalue weighted by molar-refractivity contribution is 0.0246. The third-order valence-corrected chi connectivity index (χ3v) is 2.32. The van der Waals surface area contributed by atoms with Gasteiger partial charge in [0.25, 0.3) is 6.43 Å². The molecule has 0 radical (unpaired) electrons. The third kappa shape index (κ3) is 3.99. The maximum absolute atomic E-state index is 11.8. The van der Waals surface area contributed by atoms with Gasteiger partial charge in [-0.25, -0.2) is 13.6 Å². The fraction of sp³-hybridized carbons (Fsp3) is 0.889. The molecular formula is C9H16F2N2O2. The Bertz CT molecular complexity index is 234. The number of nitrogens with zero attached hydrogens (tertiary/aromatic N) is 1. The monoisotopic (exact) mass is 222 g/mol. The number of piperidine rings is 1. The van der Waals surface area contributed by atoms with Crippen LogP contribution in [0.2, 0.25) is 0 Å². The number of hydrogen-bond acceptors (Lipinski definition) is 3. The highest BCUT2D eigenvalue weighted by Gasteiger charge is 2.30. The largest absolute Gasteiger partial charge is 0.443 e. The maximum atomic E-state index is 11.8. The standard InChI is InChI=1S/C9H16F2N2O2/c1-9(12)3-2-4-13(6-9)8(14)15-5-7(10)11/h7H,2-6,12H2,1H3. The summed E-state index contributed by atoms with van der Waals surface area (Å²) in [6.07, 6.45) is -1.72. The van der Waals surface area contributed by atoms with E-state index in [1.54, 1.807) is 0 Å². The summed E-state index contributed by atoms with van der Waals surface area (Å²) in [5.74, 6) is 0. The molecule has 0 aromatic rings. The van der Waals surface area contributed by atoms with E-state index in [0.717, 1.165) is 12.8 Å². The number of hydrogen-bond donors (Lipinski definition) is 1. The number of nitrogens with two attached hydrogens (primary N) is 1. The number of carbonyl (C=O) groups excluding carboxylic acids is 1. The van der Waals surface area contributed by atoms with Crippen molar-refractivity contribution in [3.63, 3.8) is 0 Å². The van der Waals surface area contributed by atoms with Crippen LogP contribution in [0.1, 0.15) is 19.8 Å². The van der Waals surface area contributed by atoms with Crippen LogP contribution in [0.5, 0.6) is 0 Å². The fourth-order valence-electron chi connectivity index (χ4n) is 1.65. The van der Waals surface area contributed by atoms with Crippen LogP contribution >= 0.6 is 0 Å². The molecule has 88 valence electrons. The van der Waals surface area contributed by atoms with Crippen LogP contribution in [0.4, 0.5) is 13.6 Å². The number of alkyl halides is 2. The number of carbonyl (C=O) groups is 1. The van der Waals surface area contributed by atoms with Gasteiger partial charge in [0.05, 0.1) is 0 Å². The van der Waals surface area contributed by atoms with E-state index in [0.29, 0.717) is 13.1 Å². The van der Waals surface area contributed by atoms with Gasteiger partial charge >= 0.3 is 6.09 Å². The molecule has 0 bridgehead atoms. The Labute approximate surface area is 87.4 Å². The van der Waals surface area contributed by atoms with Gasteiger partial charge in [-0.05, 0) is 19.8 Å². The summed E-state index contributed by atoms with van der Waals surface area (Å²) in [6, 6.07) is 0. The summed E-state index contributed by atoms with van der Waals surface area (Å²) in [5.41, 5.74) is 5.42. The predicted molar refractivity (Wildman–Crippen MR) is 50.8 cm³/mol. The molecule has 15 heavy (non-hydrogen) atoms. The van der Waals surface area contributed by atoms with Gasteiger partial charge in [-0.15, -0.1) is 0 Å². The van der Waals surface area contributed by atoms with Gasteiger partial charge in [-0.3, -0.25) is 0 Å². The first kappa shape index (κ1) is 12.2. The van der Waals surface area contributed by atoms with Crippen LogP contribution in [0, 0.1) is 0 Å². The van der Waals surface area contributed by atoms with E-state index in [9.17, 15) is 13.6 Å². The fourth-order valence-corrected chi connectivity index (χ4v) is 1.65. The van der Waals surface area contributed by atoms with Crippen molar-refractivity contribution in [1.82, 2.24) is 4.90 Å². The van der Waals surface area contributed by atoms with Crippen LogP contribution in [-0.4, -0.2) is 42.7 Å². The van der Waals surface area contributed by atoms with Gasteiger partial charge in [-0.1, -0.05) is 0 Å². The molecule has 0 saturated carbocycles. The second kappa shape index (κ2) is 4.74. The van der Waals surface area contributed by atoms with Gasteiger partial charge in [0.1, 0.15) is 0 Å². The zero-order chi connectivity index (χ0) is 11.5. The van der Waals surface area contributed by atoms with Crippen LogP contribution in [0.3, 0.4) is 0 Å². The summed E-state index contributed by atoms with van der Waals surface area (Å²) in [5, 5.41) is 0. The number of ether oxygens (including phenoxy) is 1. The molecule has 2 N–H and O–H groups in total. The number of halogens is 2. The second-order valence-corrected chi connectivity index (χ2v) is 4.15. The predicted octanol–water partition coefficient (Wildman–Crippen LogP) is 1.20. The average Bonchev–Trinajstić information content (AvgIpc) is 2.12. The van der Waals surface area contributed by atoms with Gasteiger partial charge in [0, 0.05) is 18.6 Å². The van der Waals surface area contributed by atoms with Crippen LogP contribution < -0.4 is 5.73 Å². The molecule has 1 unspecified atom stereocenters. The van der Waals surface area contributed by atoms with E-state index < -0.39 is 24.7 Å². The SMILES string of the molecule is CC1(N)CCCN(C(=O)OCC(F)F)C1. The first-order chi connectivity index (χ1) is 6.91. The molecule has 0 aromatic heterocycles. The van der Waals surface area contributed by atoms with E-state index in [1.807, 2.05) is 6.92 Å². The van der Waals surface area contributed by atoms with Crippen LogP contribution in [0.15, 0.2) is 0 Å². The first-order valence-electron chi connectivity index (χ1n) is 4.89. The summed E-state index contributed by atoms with van der Waals surface area (Å²) in [4.78, 5) is 12.7. The van der Waals surface area contributed by atoms with Crippen molar-refractivity contribution in [3.8, 4) is 0 Å². The molecule has 1 aliphatic heterocycles. The third-order valence-electron chi connectivity index (χ3n) is 2.32. The lowest BCUT2D eigenvalue weighted by atomic mass is 9.93. The summed E-state index contributed by atoms with van der Waals surface area (Å²) >= 11 is 0. The van der Waals surface area contributed by atoms with Crippen molar-refractivity contribution in [2.24, 2.45) is 5.73 Å². The topological polar surface area (TPSA) is 55.6 Å². The molecule has 1 rings (SSSR count). The maximum Gasteiger partial charge on any atom is 0.410 e. The van der Waals surface area contributed by atoms with Crippen molar-refractivity contribution in [3.05, 3.63) is 0 Å². The molecule has 1 heterocycles. The highest BCUT2D eigenvalue weighted by atomic mass is 19.3. The van der Waals surface area contributed by atoms with E-state index in [1.165, 1.54) is 4.90 Å². The molecule has 1 amide bonds. The molecule has 1 saturated heterocycles. The molecule has 6 heteroatoms. The number of amides is 1. The number of likely N-dealkylation sites (tertiary alicyclic amines) is 1. The minimum absolute atomic E-state index is 0.356. The molecule has 1 fully saturated rings. The van der Waals surface area contributed by atoms with Crippen LogP contribution in [0.25, 0.3) is 0 Å². The Morgan fingerprint density at radius 2 is 2.33 bits per heavy atom. The zero-order valence-electron chi connectivity index (χ0n) is 8.71. The average molecular weight is 222 g/mol. The smallest absolute Gasteiger partial charge is 0.410 e. The molecular weight excluding hydrogens is 206 g/mol. The lowest BCUT2D eigenvalue weighted by Gasteiger charge is -2.37. The molecule has 0 aromatic carbocycles. The minimum Gasteiger partial charge on any atom is -0.443 e. The van der Waals surface area contributed by atoms with Crippen molar-refractivity contribution in [2.75, 3.05) is 19.7 Å². The van der Waals surface area contributed by atoms with E-state index in [-0.39, 0.29) is 0 Å². The van der Waals surface area contributed by atoms with Gasteiger partial charge in [-0.2, -0.15) is 0 Å². The van der Waals surface area contributed by atoms with Crippen molar-refractivity contribution < 1.29 is 18.3 Å². The Morgan fingerprint density at radius 3 is 2.87 bits per heavy atom. The summed E-state index contributed by atoms with van der Waals surface area (Å²) < 4.78 is 28.0. The highest BCUT2D eigenvalue weighted by Crippen LogP contribution is 2.18. The normalized spacial score (nSPS) is 26.9. The van der Waals surface area contributed by atoms with Gasteiger partial charge in [0.2, 0.25) is 0 Å². The van der Waals surface area contributed by atoms with Crippen molar-refractivity contribution in [1.29, 1.82) is 0 Å². The van der Waals surface area contributed by atoms with E-state index in [2.05, 4.69) is 4.74 Å². The molecule has 1 atom stereocenters. The Morgan fingerprint density at radius 1 is 1.67 bits per heavy atom. The van der Waals surface area contributed by atoms with Crippen LogP contribution in [-0.2, 0) is 4.74 Å². The summed E-state index contributed by atoms with van der Waals surface area (Å²) in [7, 11) is 0. The Balaban J connectivity index is 2.39. The Hall–Kier alpha value is -0.910. The zero-order valence-corrected chi connectivity index (χ0v) is 8.71. The molecule has 4 nitrogen and oxygen atoms in total. The number of rotatable bonds is 2. The molecule has 0 aliphatic carbocycles. The quantitative estimate of drug-likeness (QED) is 0.763. The first-order valence-corrected chi connectivity index (χ1v) is 4.89. The lowest BCUT2D eigenvalue weighted by Crippen LogP contribution is -2.53. The Kier molecular flexibility index (Phi) is 3.84. The molecule has 0 spiro atoms. The summed E-state index contributed by atoms with van der Waals surface area (Å²) in [6.45, 7) is 1.86. The van der Waals surface area contributed by atoms with E-state index in [4.69, 9.17) is 5.73 Å². The second-order valence-electron chi connectivity index (χ2n) is 4.15. The highest BCUT2D eigenvalue weighted by molar-refractivity contribution is 5.67. The van der Waals surface area contributed by atoms with Gasteiger partial charge < -0.3 is 15.4 Å². The van der Waals surface area contributed by atoms with Crippen molar-refractivity contribution in [2.45, 2.75) is 31.7 Å². The molecule has 1 aliphatic rings. The van der Waals surface area contributed by atoms with Crippen molar-refractivity contribution >= 4 is 6.09 Å². The van der Waals surface area contributed by atoms with Gasteiger partial charge in [0.15, 0.2) is 6.61 Å².